The number of hydrogen-bond acceptors (Lipinski definition) is 3. The first-order valence-electron chi connectivity index (χ1n) is 8.45. The van der Waals surface area contributed by atoms with Crippen LogP contribution in [-0.2, 0) is 17.0 Å². The number of halogens is 1. The lowest BCUT2D eigenvalue weighted by Crippen LogP contribution is -2.37. The molecule has 0 aliphatic carbocycles. The van der Waals surface area contributed by atoms with E-state index < -0.39 is 6.10 Å². The molecule has 134 valence electrons. The molecule has 1 amide bonds. The minimum atomic E-state index is -0.552. The van der Waals surface area contributed by atoms with Gasteiger partial charge in [0, 0.05) is 18.1 Å². The lowest BCUT2D eigenvalue weighted by Gasteiger charge is -2.16. The van der Waals surface area contributed by atoms with Crippen LogP contribution in [0.1, 0.15) is 25.0 Å². The molecule has 5 heteroatoms. The second-order valence-corrected chi connectivity index (χ2v) is 6.76. The van der Waals surface area contributed by atoms with Gasteiger partial charge in [-0.3, -0.25) is 4.79 Å². The molecule has 0 saturated heterocycles. The molecular formula is C20H24FNO2S. The van der Waals surface area contributed by atoms with Crippen molar-refractivity contribution in [3.05, 3.63) is 65.5 Å². The molecule has 2 rings (SSSR count). The first-order valence-corrected chi connectivity index (χ1v) is 9.60. The first-order chi connectivity index (χ1) is 12.1. The summed E-state index contributed by atoms with van der Waals surface area (Å²) in [5.41, 5.74) is 1.77. The summed E-state index contributed by atoms with van der Waals surface area (Å²) in [5, 5.41) is 2.86. The molecule has 0 aliphatic rings. The zero-order valence-corrected chi connectivity index (χ0v) is 15.4. The minimum Gasteiger partial charge on any atom is -0.481 e. The van der Waals surface area contributed by atoms with Crippen LogP contribution in [-0.4, -0.2) is 24.3 Å². The second kappa shape index (κ2) is 10.1. The molecule has 2 aromatic rings. The number of thioether (sulfide) groups is 1. The Morgan fingerprint density at radius 2 is 1.84 bits per heavy atom. The predicted molar refractivity (Wildman–Crippen MR) is 101 cm³/mol. The number of hydrogen-bond donors (Lipinski definition) is 1. The monoisotopic (exact) mass is 361 g/mol. The summed E-state index contributed by atoms with van der Waals surface area (Å²) >= 11 is 1.59. The van der Waals surface area contributed by atoms with Crippen molar-refractivity contribution >= 4 is 17.7 Å². The number of carbonyl (C=O) groups excluding carboxylic acids is 1. The van der Waals surface area contributed by atoms with Gasteiger partial charge in [0.05, 0.1) is 0 Å². The molecule has 0 heterocycles. The number of carbonyl (C=O) groups is 1. The summed E-state index contributed by atoms with van der Waals surface area (Å²) in [7, 11) is 0. The number of ether oxygens (including phenoxy) is 1. The zero-order valence-electron chi connectivity index (χ0n) is 14.6. The number of para-hydroxylation sites is 1. The highest BCUT2D eigenvalue weighted by Crippen LogP contribution is 2.19. The fourth-order valence-electron chi connectivity index (χ4n) is 2.34. The van der Waals surface area contributed by atoms with Gasteiger partial charge in [-0.05, 0) is 36.6 Å². The van der Waals surface area contributed by atoms with Gasteiger partial charge in [0.15, 0.2) is 6.10 Å². The van der Waals surface area contributed by atoms with E-state index in [4.69, 9.17) is 4.74 Å². The second-order valence-electron chi connectivity index (χ2n) is 5.66. The van der Waals surface area contributed by atoms with E-state index >= 15 is 0 Å². The minimum absolute atomic E-state index is 0.141. The molecule has 0 fully saturated rings. The number of aryl methyl sites for hydroxylation is 1. The average Bonchev–Trinajstić information content (AvgIpc) is 2.63. The molecule has 0 aromatic heterocycles. The van der Waals surface area contributed by atoms with E-state index in [0.717, 1.165) is 23.5 Å². The van der Waals surface area contributed by atoms with Crippen molar-refractivity contribution in [2.45, 2.75) is 32.1 Å². The third kappa shape index (κ3) is 6.09. The molecular weight excluding hydrogens is 337 g/mol. The van der Waals surface area contributed by atoms with E-state index in [1.54, 1.807) is 30.8 Å². The van der Waals surface area contributed by atoms with Gasteiger partial charge in [-0.15, -0.1) is 0 Å². The van der Waals surface area contributed by atoms with Crippen molar-refractivity contribution in [3.63, 3.8) is 0 Å². The van der Waals surface area contributed by atoms with Crippen LogP contribution in [0.4, 0.5) is 4.39 Å². The third-order valence-electron chi connectivity index (χ3n) is 3.79. The van der Waals surface area contributed by atoms with Crippen molar-refractivity contribution in [1.29, 1.82) is 0 Å². The van der Waals surface area contributed by atoms with Gasteiger partial charge in [0.1, 0.15) is 11.6 Å². The molecule has 0 aliphatic heterocycles. The first kappa shape index (κ1) is 19.3. The van der Waals surface area contributed by atoms with Gasteiger partial charge in [-0.25, -0.2) is 4.39 Å². The molecule has 0 bridgehead atoms. The fraction of sp³-hybridized carbons (Fsp3) is 0.350. The summed E-state index contributed by atoms with van der Waals surface area (Å²) in [6.07, 6.45) is 0.307. The molecule has 1 atom stereocenters. The summed E-state index contributed by atoms with van der Waals surface area (Å²) in [6, 6.07) is 14.5. The highest BCUT2D eigenvalue weighted by molar-refractivity contribution is 7.98. The molecule has 1 unspecified atom stereocenters. The number of amides is 1. The molecule has 3 nitrogen and oxygen atoms in total. The lowest BCUT2D eigenvalue weighted by atomic mass is 10.1. The van der Waals surface area contributed by atoms with Gasteiger partial charge >= 0.3 is 0 Å². The lowest BCUT2D eigenvalue weighted by molar-refractivity contribution is -0.127. The van der Waals surface area contributed by atoms with Gasteiger partial charge in [-0.2, -0.15) is 11.8 Å². The summed E-state index contributed by atoms with van der Waals surface area (Å²) in [4.78, 5) is 12.1. The fourth-order valence-corrected chi connectivity index (χ4v) is 3.19. The van der Waals surface area contributed by atoms with E-state index in [2.05, 4.69) is 12.2 Å². The Morgan fingerprint density at radius 1 is 1.16 bits per heavy atom. The van der Waals surface area contributed by atoms with E-state index in [1.165, 1.54) is 6.07 Å². The Balaban J connectivity index is 1.70. The number of benzene rings is 2. The molecule has 25 heavy (non-hydrogen) atoms. The summed E-state index contributed by atoms with van der Waals surface area (Å²) in [6.45, 7) is 4.33. The van der Waals surface area contributed by atoms with Crippen LogP contribution in [0.2, 0.25) is 0 Å². The highest BCUT2D eigenvalue weighted by atomic mass is 32.2. The summed E-state index contributed by atoms with van der Waals surface area (Å²) < 4.78 is 19.3. The Hall–Kier alpha value is -2.01. The SMILES string of the molecule is CCc1ccccc1OC(C)C(=O)NCCSCc1ccccc1F. The Kier molecular flexibility index (Phi) is 7.79. The number of nitrogens with one attached hydrogen (secondary N) is 1. The van der Waals surface area contributed by atoms with Gasteiger partial charge in [0.25, 0.3) is 5.91 Å². The van der Waals surface area contributed by atoms with E-state index in [9.17, 15) is 9.18 Å². The third-order valence-corrected chi connectivity index (χ3v) is 4.80. The Labute approximate surface area is 153 Å². The van der Waals surface area contributed by atoms with Crippen molar-refractivity contribution in [2.75, 3.05) is 12.3 Å². The standard InChI is InChI=1S/C20H24FNO2S/c1-3-16-8-5-7-11-19(16)24-15(2)20(23)22-12-13-25-14-17-9-4-6-10-18(17)21/h4-11,15H,3,12-14H2,1-2H3,(H,22,23). The van der Waals surface area contributed by atoms with Gasteiger partial charge in [0.2, 0.25) is 0 Å². The van der Waals surface area contributed by atoms with Crippen molar-refractivity contribution < 1.29 is 13.9 Å². The smallest absolute Gasteiger partial charge is 0.260 e. The normalized spacial score (nSPS) is 11.8. The maximum atomic E-state index is 13.5. The highest BCUT2D eigenvalue weighted by Gasteiger charge is 2.15. The van der Waals surface area contributed by atoms with Gasteiger partial charge < -0.3 is 10.1 Å². The predicted octanol–water partition coefficient (Wildman–Crippen LogP) is 4.21. The average molecular weight is 361 g/mol. The zero-order chi connectivity index (χ0) is 18.1. The molecule has 2 aromatic carbocycles. The van der Waals surface area contributed by atoms with Crippen LogP contribution in [0.5, 0.6) is 5.75 Å². The Morgan fingerprint density at radius 3 is 2.56 bits per heavy atom. The van der Waals surface area contributed by atoms with Crippen molar-refractivity contribution in [3.8, 4) is 5.75 Å². The quantitative estimate of drug-likeness (QED) is 0.680. The molecule has 0 saturated carbocycles. The van der Waals surface area contributed by atoms with Crippen LogP contribution >= 0.6 is 11.8 Å². The number of rotatable bonds is 9. The molecule has 1 N–H and O–H groups in total. The van der Waals surface area contributed by atoms with E-state index in [-0.39, 0.29) is 11.7 Å². The maximum absolute atomic E-state index is 13.5. The molecule has 0 spiro atoms. The van der Waals surface area contributed by atoms with Crippen LogP contribution in [0.25, 0.3) is 0 Å². The van der Waals surface area contributed by atoms with Crippen LogP contribution in [0.15, 0.2) is 48.5 Å². The Bertz CT molecular complexity index is 693. The topological polar surface area (TPSA) is 38.3 Å². The van der Waals surface area contributed by atoms with Crippen LogP contribution in [0.3, 0.4) is 0 Å². The van der Waals surface area contributed by atoms with Gasteiger partial charge in [-0.1, -0.05) is 43.3 Å². The maximum Gasteiger partial charge on any atom is 0.260 e. The van der Waals surface area contributed by atoms with Crippen LogP contribution < -0.4 is 10.1 Å². The largest absolute Gasteiger partial charge is 0.481 e. The van der Waals surface area contributed by atoms with Crippen molar-refractivity contribution in [1.82, 2.24) is 5.32 Å². The van der Waals surface area contributed by atoms with Crippen LogP contribution in [0, 0.1) is 5.82 Å². The molecule has 0 radical (unpaired) electrons. The van der Waals surface area contributed by atoms with E-state index in [0.29, 0.717) is 17.9 Å². The van der Waals surface area contributed by atoms with Crippen molar-refractivity contribution in [2.24, 2.45) is 0 Å². The summed E-state index contributed by atoms with van der Waals surface area (Å²) in [5.74, 6) is 1.74. The van der Waals surface area contributed by atoms with E-state index in [1.807, 2.05) is 30.3 Å².